The lowest BCUT2D eigenvalue weighted by atomic mass is 9.98. The van der Waals surface area contributed by atoms with Crippen LogP contribution in [0.5, 0.6) is 5.75 Å². The monoisotopic (exact) mass is 415 g/mol. The minimum absolute atomic E-state index is 0.174. The van der Waals surface area contributed by atoms with Crippen molar-refractivity contribution in [3.05, 3.63) is 90.0 Å². The molecule has 31 heavy (non-hydrogen) atoms. The number of ether oxygens (including phenoxy) is 2. The van der Waals surface area contributed by atoms with Crippen LogP contribution in [-0.4, -0.2) is 42.9 Å². The van der Waals surface area contributed by atoms with Gasteiger partial charge in [0, 0.05) is 18.7 Å². The SMILES string of the molecule is O=C(CC(=O)N1CCOCC1)c1cccc(-c2ccccc2)c1OCc1ccccc1. The Morgan fingerprint density at radius 1 is 0.839 bits per heavy atom. The van der Waals surface area contributed by atoms with Crippen molar-refractivity contribution >= 4 is 11.7 Å². The molecular weight excluding hydrogens is 390 g/mol. The Morgan fingerprint density at radius 2 is 1.52 bits per heavy atom. The number of hydrogen-bond acceptors (Lipinski definition) is 4. The topological polar surface area (TPSA) is 55.8 Å². The number of benzene rings is 3. The fraction of sp³-hybridized carbons (Fsp3) is 0.231. The highest BCUT2D eigenvalue weighted by Crippen LogP contribution is 2.34. The van der Waals surface area contributed by atoms with Crippen molar-refractivity contribution < 1.29 is 19.1 Å². The summed E-state index contributed by atoms with van der Waals surface area (Å²) in [6.45, 7) is 2.40. The number of carbonyl (C=O) groups excluding carboxylic acids is 2. The summed E-state index contributed by atoms with van der Waals surface area (Å²) in [6, 6.07) is 25.2. The van der Waals surface area contributed by atoms with Crippen LogP contribution in [-0.2, 0) is 16.1 Å². The maximum atomic E-state index is 13.2. The molecular formula is C26H25NO4. The van der Waals surface area contributed by atoms with Gasteiger partial charge in [0.1, 0.15) is 12.4 Å². The minimum atomic E-state index is -0.239. The van der Waals surface area contributed by atoms with Gasteiger partial charge in [-0.25, -0.2) is 0 Å². The first-order chi connectivity index (χ1) is 15.2. The molecule has 3 aromatic carbocycles. The first-order valence-corrected chi connectivity index (χ1v) is 10.5. The number of para-hydroxylation sites is 1. The lowest BCUT2D eigenvalue weighted by Gasteiger charge is -2.26. The summed E-state index contributed by atoms with van der Waals surface area (Å²) in [6.07, 6.45) is -0.181. The van der Waals surface area contributed by atoms with Gasteiger partial charge >= 0.3 is 0 Å². The van der Waals surface area contributed by atoms with Crippen LogP contribution in [0, 0.1) is 0 Å². The summed E-state index contributed by atoms with van der Waals surface area (Å²) >= 11 is 0. The van der Waals surface area contributed by atoms with Gasteiger partial charge < -0.3 is 14.4 Å². The van der Waals surface area contributed by atoms with Crippen LogP contribution in [0.4, 0.5) is 0 Å². The summed E-state index contributed by atoms with van der Waals surface area (Å²) in [5.41, 5.74) is 3.23. The fourth-order valence-electron chi connectivity index (χ4n) is 3.64. The van der Waals surface area contributed by atoms with E-state index in [9.17, 15) is 9.59 Å². The number of morpholine rings is 1. The Kier molecular flexibility index (Phi) is 6.75. The van der Waals surface area contributed by atoms with Crippen LogP contribution < -0.4 is 4.74 Å². The molecule has 0 spiro atoms. The van der Waals surface area contributed by atoms with Gasteiger partial charge in [-0.15, -0.1) is 0 Å². The highest BCUT2D eigenvalue weighted by atomic mass is 16.5. The minimum Gasteiger partial charge on any atom is -0.487 e. The van der Waals surface area contributed by atoms with Crippen molar-refractivity contribution in [1.82, 2.24) is 4.90 Å². The smallest absolute Gasteiger partial charge is 0.230 e. The number of rotatable bonds is 7. The first-order valence-electron chi connectivity index (χ1n) is 10.5. The predicted molar refractivity (Wildman–Crippen MR) is 119 cm³/mol. The molecule has 5 nitrogen and oxygen atoms in total. The number of ketones is 1. The van der Waals surface area contributed by atoms with E-state index < -0.39 is 0 Å². The molecule has 1 fully saturated rings. The van der Waals surface area contributed by atoms with Crippen LogP contribution in [0.25, 0.3) is 11.1 Å². The molecule has 1 aliphatic heterocycles. The van der Waals surface area contributed by atoms with E-state index in [1.165, 1.54) is 0 Å². The number of Topliss-reactive ketones (excluding diaryl/α,β-unsaturated/α-hetero) is 1. The summed E-state index contributed by atoms with van der Waals surface area (Å²) in [5.74, 6) is 0.0992. The lowest BCUT2D eigenvalue weighted by Crippen LogP contribution is -2.41. The molecule has 0 aliphatic carbocycles. The molecule has 0 N–H and O–H groups in total. The van der Waals surface area contributed by atoms with E-state index in [0.29, 0.717) is 44.2 Å². The molecule has 1 heterocycles. The fourth-order valence-corrected chi connectivity index (χ4v) is 3.64. The van der Waals surface area contributed by atoms with E-state index in [1.807, 2.05) is 72.8 Å². The van der Waals surface area contributed by atoms with E-state index in [-0.39, 0.29) is 18.1 Å². The van der Waals surface area contributed by atoms with Gasteiger partial charge in [-0.05, 0) is 17.2 Å². The highest BCUT2D eigenvalue weighted by Gasteiger charge is 2.23. The zero-order chi connectivity index (χ0) is 21.5. The van der Waals surface area contributed by atoms with E-state index in [2.05, 4.69) is 0 Å². The van der Waals surface area contributed by atoms with Gasteiger partial charge in [-0.1, -0.05) is 72.8 Å². The molecule has 0 saturated carbocycles. The molecule has 5 heteroatoms. The van der Waals surface area contributed by atoms with Crippen molar-refractivity contribution in [3.63, 3.8) is 0 Å². The standard InChI is InChI=1S/C26H25NO4/c28-24(18-25(29)27-14-16-30-17-15-27)23-13-7-12-22(21-10-5-2-6-11-21)26(23)31-19-20-8-3-1-4-9-20/h1-13H,14-19H2. The second kappa shape index (κ2) is 10.0. The summed E-state index contributed by atoms with van der Waals surface area (Å²) in [4.78, 5) is 27.5. The molecule has 3 aromatic rings. The van der Waals surface area contributed by atoms with Crippen molar-refractivity contribution in [2.24, 2.45) is 0 Å². The van der Waals surface area contributed by atoms with E-state index >= 15 is 0 Å². The Balaban J connectivity index is 1.62. The quantitative estimate of drug-likeness (QED) is 0.425. The molecule has 158 valence electrons. The first kappa shape index (κ1) is 20.8. The van der Waals surface area contributed by atoms with Crippen LogP contribution in [0.1, 0.15) is 22.3 Å². The third-order valence-corrected chi connectivity index (χ3v) is 5.30. The predicted octanol–water partition coefficient (Wildman–Crippen LogP) is 4.36. The molecule has 4 rings (SSSR count). The second-order valence-corrected chi connectivity index (χ2v) is 7.42. The molecule has 0 radical (unpaired) electrons. The van der Waals surface area contributed by atoms with Gasteiger partial charge in [0.15, 0.2) is 5.78 Å². The Labute approximate surface area is 182 Å². The Bertz CT molecular complexity index is 1030. The Morgan fingerprint density at radius 3 is 2.23 bits per heavy atom. The van der Waals surface area contributed by atoms with Crippen molar-refractivity contribution in [1.29, 1.82) is 0 Å². The third-order valence-electron chi connectivity index (χ3n) is 5.30. The molecule has 1 amide bonds. The van der Waals surface area contributed by atoms with Gasteiger partial charge in [0.25, 0.3) is 0 Å². The summed E-state index contributed by atoms with van der Waals surface area (Å²) in [7, 11) is 0. The van der Waals surface area contributed by atoms with Gasteiger partial charge in [0.2, 0.25) is 5.91 Å². The average molecular weight is 415 g/mol. The van der Waals surface area contributed by atoms with Crippen LogP contribution in [0.3, 0.4) is 0 Å². The molecule has 1 aliphatic rings. The molecule has 0 unspecified atom stereocenters. The van der Waals surface area contributed by atoms with Crippen LogP contribution in [0.2, 0.25) is 0 Å². The maximum absolute atomic E-state index is 13.2. The average Bonchev–Trinajstić information content (AvgIpc) is 2.84. The lowest BCUT2D eigenvalue weighted by molar-refractivity contribution is -0.134. The van der Waals surface area contributed by atoms with Crippen molar-refractivity contribution in [2.75, 3.05) is 26.3 Å². The normalized spacial score (nSPS) is 13.6. The highest BCUT2D eigenvalue weighted by molar-refractivity contribution is 6.09. The summed E-state index contributed by atoms with van der Waals surface area (Å²) in [5, 5.41) is 0. The molecule has 0 aromatic heterocycles. The summed E-state index contributed by atoms with van der Waals surface area (Å²) < 4.78 is 11.5. The Hall–Kier alpha value is -3.44. The van der Waals surface area contributed by atoms with Gasteiger partial charge in [-0.2, -0.15) is 0 Å². The molecule has 0 atom stereocenters. The van der Waals surface area contributed by atoms with Crippen molar-refractivity contribution in [3.8, 4) is 16.9 Å². The number of amides is 1. The van der Waals surface area contributed by atoms with Crippen molar-refractivity contribution in [2.45, 2.75) is 13.0 Å². The van der Waals surface area contributed by atoms with Crippen LogP contribution >= 0.6 is 0 Å². The van der Waals surface area contributed by atoms with Gasteiger partial charge in [-0.3, -0.25) is 9.59 Å². The van der Waals surface area contributed by atoms with Crippen LogP contribution in [0.15, 0.2) is 78.9 Å². The maximum Gasteiger partial charge on any atom is 0.230 e. The largest absolute Gasteiger partial charge is 0.487 e. The second-order valence-electron chi connectivity index (χ2n) is 7.42. The molecule has 0 bridgehead atoms. The zero-order valence-corrected chi connectivity index (χ0v) is 17.3. The number of hydrogen-bond donors (Lipinski definition) is 0. The number of carbonyl (C=O) groups is 2. The zero-order valence-electron chi connectivity index (χ0n) is 17.3. The van der Waals surface area contributed by atoms with Gasteiger partial charge in [0.05, 0.1) is 25.2 Å². The third kappa shape index (κ3) is 5.19. The van der Waals surface area contributed by atoms with E-state index in [1.54, 1.807) is 11.0 Å². The molecule has 1 saturated heterocycles. The van der Waals surface area contributed by atoms with E-state index in [0.717, 1.165) is 16.7 Å². The van der Waals surface area contributed by atoms with E-state index in [4.69, 9.17) is 9.47 Å². The number of nitrogens with zero attached hydrogens (tertiary/aromatic N) is 1.